The van der Waals surface area contributed by atoms with Gasteiger partial charge in [-0.1, -0.05) is 36.7 Å². The number of benzene rings is 1. The number of likely N-dealkylation sites (N-methyl/N-ethyl adjacent to an activating group) is 1. The maximum Gasteiger partial charge on any atom is 0.251 e. The number of carbonyl (C=O) groups excluding carboxylic acids is 1. The number of rotatable bonds is 5. The van der Waals surface area contributed by atoms with Crippen molar-refractivity contribution in [3.63, 3.8) is 0 Å². The quantitative estimate of drug-likeness (QED) is 0.892. The molecule has 2 heterocycles. The molecule has 0 unspecified atom stereocenters. The van der Waals surface area contributed by atoms with E-state index >= 15 is 0 Å². The number of hydrogen-bond donors (Lipinski definition) is 1. The van der Waals surface area contributed by atoms with E-state index in [0.717, 1.165) is 44.1 Å². The standard InChI is InChI=1S/C19H23ClN4O/c1-2-23-9-11-24(12-10-23)18-13-15(7-8-21-18)19(25)22-14-16-5-3-4-6-17(16)20/h3-8,13H,2,9-12,14H2,1H3,(H,22,25). The predicted molar refractivity (Wildman–Crippen MR) is 101 cm³/mol. The Kier molecular flexibility index (Phi) is 5.89. The SMILES string of the molecule is CCN1CCN(c2cc(C(=O)NCc3ccccc3Cl)ccn2)CC1. The van der Waals surface area contributed by atoms with Crippen LogP contribution in [0.5, 0.6) is 0 Å². The van der Waals surface area contributed by atoms with Gasteiger partial charge in [-0.25, -0.2) is 4.98 Å². The Balaban J connectivity index is 1.63. The fourth-order valence-corrected chi connectivity index (χ4v) is 3.15. The second kappa shape index (κ2) is 8.32. The molecule has 1 saturated heterocycles. The molecule has 6 heteroatoms. The lowest BCUT2D eigenvalue weighted by molar-refractivity contribution is 0.0951. The molecule has 0 atom stereocenters. The van der Waals surface area contributed by atoms with Crippen LogP contribution in [0.1, 0.15) is 22.8 Å². The lowest BCUT2D eigenvalue weighted by Gasteiger charge is -2.34. The minimum atomic E-state index is -0.115. The van der Waals surface area contributed by atoms with Crippen LogP contribution in [0.4, 0.5) is 5.82 Å². The van der Waals surface area contributed by atoms with Crippen LogP contribution in [-0.2, 0) is 6.54 Å². The first kappa shape index (κ1) is 17.7. The van der Waals surface area contributed by atoms with Crippen LogP contribution in [0, 0.1) is 0 Å². The Hall–Kier alpha value is -2.11. The number of nitrogens with one attached hydrogen (secondary N) is 1. The summed E-state index contributed by atoms with van der Waals surface area (Å²) in [6, 6.07) is 11.1. The highest BCUT2D eigenvalue weighted by Gasteiger charge is 2.18. The van der Waals surface area contributed by atoms with Crippen molar-refractivity contribution in [2.24, 2.45) is 0 Å². The largest absolute Gasteiger partial charge is 0.354 e. The maximum absolute atomic E-state index is 12.5. The fraction of sp³-hybridized carbons (Fsp3) is 0.368. The fourth-order valence-electron chi connectivity index (χ4n) is 2.95. The monoisotopic (exact) mass is 358 g/mol. The van der Waals surface area contributed by atoms with Crippen LogP contribution < -0.4 is 10.2 Å². The van der Waals surface area contributed by atoms with E-state index in [2.05, 4.69) is 27.0 Å². The Morgan fingerprint density at radius 3 is 2.68 bits per heavy atom. The Bertz CT molecular complexity index is 729. The average molecular weight is 359 g/mol. The van der Waals surface area contributed by atoms with E-state index in [4.69, 9.17) is 11.6 Å². The summed E-state index contributed by atoms with van der Waals surface area (Å²) in [5.41, 5.74) is 1.53. The van der Waals surface area contributed by atoms with Gasteiger partial charge in [0.1, 0.15) is 5.82 Å². The molecule has 5 nitrogen and oxygen atoms in total. The van der Waals surface area contributed by atoms with E-state index in [9.17, 15) is 4.79 Å². The summed E-state index contributed by atoms with van der Waals surface area (Å²) in [7, 11) is 0. The molecule has 0 bridgehead atoms. The number of carbonyl (C=O) groups is 1. The van der Waals surface area contributed by atoms with Gasteiger partial charge in [-0.3, -0.25) is 4.79 Å². The Labute approximate surface area is 153 Å². The first-order chi connectivity index (χ1) is 12.2. The van der Waals surface area contributed by atoms with Gasteiger partial charge >= 0.3 is 0 Å². The van der Waals surface area contributed by atoms with Crippen molar-refractivity contribution in [1.82, 2.24) is 15.2 Å². The summed E-state index contributed by atoms with van der Waals surface area (Å²) in [6.45, 7) is 7.59. The minimum Gasteiger partial charge on any atom is -0.354 e. The second-order valence-electron chi connectivity index (χ2n) is 6.10. The molecule has 132 valence electrons. The molecule has 2 aromatic rings. The van der Waals surface area contributed by atoms with Gasteiger partial charge in [0.15, 0.2) is 0 Å². The van der Waals surface area contributed by atoms with Crippen LogP contribution in [0.15, 0.2) is 42.6 Å². The lowest BCUT2D eigenvalue weighted by Crippen LogP contribution is -2.46. The Morgan fingerprint density at radius 1 is 1.20 bits per heavy atom. The molecular weight excluding hydrogens is 336 g/mol. The van der Waals surface area contributed by atoms with Gasteiger partial charge in [-0.05, 0) is 30.3 Å². The van der Waals surface area contributed by atoms with Gasteiger partial charge < -0.3 is 15.1 Å². The van der Waals surface area contributed by atoms with Crippen molar-refractivity contribution in [2.45, 2.75) is 13.5 Å². The van der Waals surface area contributed by atoms with Gasteiger partial charge in [-0.15, -0.1) is 0 Å². The number of anilines is 1. The van der Waals surface area contributed by atoms with Crippen LogP contribution in [-0.4, -0.2) is 48.5 Å². The van der Waals surface area contributed by atoms with Crippen molar-refractivity contribution in [3.05, 3.63) is 58.7 Å². The van der Waals surface area contributed by atoms with Crippen LogP contribution in [0.25, 0.3) is 0 Å². The predicted octanol–water partition coefficient (Wildman–Crippen LogP) is 2.81. The molecule has 3 rings (SSSR count). The summed E-state index contributed by atoms with van der Waals surface area (Å²) in [6.07, 6.45) is 1.70. The highest BCUT2D eigenvalue weighted by molar-refractivity contribution is 6.31. The third-order valence-corrected chi connectivity index (χ3v) is 4.92. The molecule has 1 fully saturated rings. The lowest BCUT2D eigenvalue weighted by atomic mass is 10.2. The molecule has 1 amide bonds. The molecule has 1 aliphatic heterocycles. The normalized spacial score (nSPS) is 15.2. The molecule has 0 spiro atoms. The zero-order chi connectivity index (χ0) is 17.6. The van der Waals surface area contributed by atoms with Gasteiger partial charge in [0.25, 0.3) is 5.91 Å². The van der Waals surface area contributed by atoms with E-state index in [0.29, 0.717) is 17.1 Å². The number of hydrogen-bond acceptors (Lipinski definition) is 4. The van der Waals surface area contributed by atoms with Gasteiger partial charge in [0.2, 0.25) is 0 Å². The highest BCUT2D eigenvalue weighted by Crippen LogP contribution is 2.17. The van der Waals surface area contributed by atoms with E-state index in [1.54, 1.807) is 12.3 Å². The topological polar surface area (TPSA) is 48.5 Å². The second-order valence-corrected chi connectivity index (χ2v) is 6.51. The van der Waals surface area contributed by atoms with E-state index < -0.39 is 0 Å². The highest BCUT2D eigenvalue weighted by atomic mass is 35.5. The molecule has 1 aliphatic rings. The molecule has 25 heavy (non-hydrogen) atoms. The van der Waals surface area contributed by atoms with Crippen molar-refractivity contribution in [3.8, 4) is 0 Å². The summed E-state index contributed by atoms with van der Waals surface area (Å²) < 4.78 is 0. The van der Waals surface area contributed by atoms with Crippen LogP contribution in [0.3, 0.4) is 0 Å². The van der Waals surface area contributed by atoms with Crippen molar-refractivity contribution in [1.29, 1.82) is 0 Å². The molecule has 0 saturated carbocycles. The van der Waals surface area contributed by atoms with Crippen LogP contribution >= 0.6 is 11.6 Å². The number of piperazine rings is 1. The zero-order valence-electron chi connectivity index (χ0n) is 14.4. The summed E-state index contributed by atoms with van der Waals surface area (Å²) >= 11 is 6.13. The van der Waals surface area contributed by atoms with Crippen LogP contribution in [0.2, 0.25) is 5.02 Å². The van der Waals surface area contributed by atoms with Crippen molar-refractivity contribution < 1.29 is 4.79 Å². The summed E-state index contributed by atoms with van der Waals surface area (Å²) in [5, 5.41) is 3.58. The third-order valence-electron chi connectivity index (χ3n) is 4.55. The summed E-state index contributed by atoms with van der Waals surface area (Å²) in [4.78, 5) is 21.5. The number of amides is 1. The van der Waals surface area contributed by atoms with E-state index in [1.165, 1.54) is 0 Å². The third kappa shape index (κ3) is 4.50. The van der Waals surface area contributed by atoms with Gasteiger partial charge in [0, 0.05) is 49.5 Å². The molecule has 0 radical (unpaired) electrons. The number of aromatic nitrogens is 1. The number of nitrogens with zero attached hydrogens (tertiary/aromatic N) is 3. The first-order valence-corrected chi connectivity index (χ1v) is 9.00. The minimum absolute atomic E-state index is 0.115. The summed E-state index contributed by atoms with van der Waals surface area (Å²) in [5.74, 6) is 0.747. The van der Waals surface area contributed by atoms with Gasteiger partial charge in [-0.2, -0.15) is 0 Å². The number of halogens is 1. The molecule has 1 aromatic carbocycles. The maximum atomic E-state index is 12.5. The molecule has 0 aliphatic carbocycles. The van der Waals surface area contributed by atoms with Crippen molar-refractivity contribution >= 4 is 23.3 Å². The van der Waals surface area contributed by atoms with Crippen molar-refractivity contribution in [2.75, 3.05) is 37.6 Å². The molecule has 1 N–H and O–H groups in total. The van der Waals surface area contributed by atoms with E-state index in [1.807, 2.05) is 30.3 Å². The van der Waals surface area contributed by atoms with Gasteiger partial charge in [0.05, 0.1) is 0 Å². The smallest absolute Gasteiger partial charge is 0.251 e. The first-order valence-electron chi connectivity index (χ1n) is 8.62. The number of pyridine rings is 1. The zero-order valence-corrected chi connectivity index (χ0v) is 15.2. The van der Waals surface area contributed by atoms with E-state index in [-0.39, 0.29) is 5.91 Å². The Morgan fingerprint density at radius 2 is 1.96 bits per heavy atom. The molecule has 1 aromatic heterocycles. The molecular formula is C19H23ClN4O. The average Bonchev–Trinajstić information content (AvgIpc) is 2.67.